The van der Waals surface area contributed by atoms with E-state index >= 15 is 0 Å². The maximum atomic E-state index is 6.14. The van der Waals surface area contributed by atoms with Gasteiger partial charge in [-0.05, 0) is 37.5 Å². The Morgan fingerprint density at radius 2 is 1.95 bits per heavy atom. The molecule has 1 aliphatic rings. The maximum absolute atomic E-state index is 6.14. The van der Waals surface area contributed by atoms with Crippen molar-refractivity contribution in [3.63, 3.8) is 0 Å². The molecule has 1 aliphatic carbocycles. The van der Waals surface area contributed by atoms with Crippen molar-refractivity contribution in [2.45, 2.75) is 50.9 Å². The van der Waals surface area contributed by atoms with Crippen LogP contribution in [-0.2, 0) is 5.41 Å². The van der Waals surface area contributed by atoms with E-state index in [1.54, 1.807) is 0 Å². The Balaban J connectivity index is 2.10. The van der Waals surface area contributed by atoms with Crippen LogP contribution in [0.3, 0.4) is 0 Å². The second-order valence-electron chi connectivity index (χ2n) is 5.85. The summed E-state index contributed by atoms with van der Waals surface area (Å²) in [7, 11) is 0. The molecule has 0 bridgehead atoms. The first-order valence-corrected chi connectivity index (χ1v) is 7.27. The van der Waals surface area contributed by atoms with Crippen LogP contribution in [0.4, 0.5) is 0 Å². The zero-order valence-corrected chi connectivity index (χ0v) is 11.6. The van der Waals surface area contributed by atoms with Crippen LogP contribution in [0.1, 0.15) is 49.9 Å². The number of hydrogen-bond acceptors (Lipinski definition) is 3. The SMILES string of the molecule is Cc1ccn2c(C3(CN)CCCCCC3)nnc2c1. The van der Waals surface area contributed by atoms with E-state index in [4.69, 9.17) is 5.73 Å². The van der Waals surface area contributed by atoms with E-state index in [0.717, 1.165) is 24.3 Å². The number of aromatic nitrogens is 3. The molecule has 0 aliphatic heterocycles. The molecule has 0 radical (unpaired) electrons. The average Bonchev–Trinajstić information content (AvgIpc) is 2.69. The number of rotatable bonds is 2. The van der Waals surface area contributed by atoms with Gasteiger partial charge in [0.1, 0.15) is 5.82 Å². The van der Waals surface area contributed by atoms with Gasteiger partial charge < -0.3 is 5.73 Å². The van der Waals surface area contributed by atoms with E-state index in [-0.39, 0.29) is 5.41 Å². The van der Waals surface area contributed by atoms with Crippen molar-refractivity contribution in [1.82, 2.24) is 14.6 Å². The van der Waals surface area contributed by atoms with Gasteiger partial charge in [-0.1, -0.05) is 25.7 Å². The number of aryl methyl sites for hydroxylation is 1. The van der Waals surface area contributed by atoms with E-state index in [2.05, 4.69) is 39.9 Å². The summed E-state index contributed by atoms with van der Waals surface area (Å²) >= 11 is 0. The quantitative estimate of drug-likeness (QED) is 0.842. The Morgan fingerprint density at radius 3 is 2.63 bits per heavy atom. The van der Waals surface area contributed by atoms with Gasteiger partial charge in [-0.25, -0.2) is 0 Å². The fourth-order valence-corrected chi connectivity index (χ4v) is 3.28. The topological polar surface area (TPSA) is 56.2 Å². The fraction of sp³-hybridized carbons (Fsp3) is 0.600. The highest BCUT2D eigenvalue weighted by Crippen LogP contribution is 2.36. The van der Waals surface area contributed by atoms with E-state index < -0.39 is 0 Å². The van der Waals surface area contributed by atoms with Crippen molar-refractivity contribution in [2.75, 3.05) is 6.54 Å². The number of hydrogen-bond donors (Lipinski definition) is 1. The predicted octanol–water partition coefficient (Wildman–Crippen LogP) is 2.59. The summed E-state index contributed by atoms with van der Waals surface area (Å²) in [6.07, 6.45) is 9.49. The number of fused-ring (bicyclic) bond motifs is 1. The van der Waals surface area contributed by atoms with Gasteiger partial charge in [0.15, 0.2) is 5.65 Å². The molecule has 0 saturated heterocycles. The van der Waals surface area contributed by atoms with Crippen LogP contribution in [0.15, 0.2) is 18.3 Å². The molecule has 2 heterocycles. The highest BCUT2D eigenvalue weighted by Gasteiger charge is 2.35. The third-order valence-electron chi connectivity index (χ3n) is 4.49. The molecule has 1 fully saturated rings. The first-order chi connectivity index (χ1) is 9.25. The fourth-order valence-electron chi connectivity index (χ4n) is 3.28. The molecular weight excluding hydrogens is 236 g/mol. The molecule has 0 spiro atoms. The zero-order valence-electron chi connectivity index (χ0n) is 11.6. The van der Waals surface area contributed by atoms with Gasteiger partial charge in [-0.3, -0.25) is 4.40 Å². The molecule has 2 aromatic heterocycles. The molecular formula is C15H22N4. The Kier molecular flexibility index (Phi) is 3.27. The van der Waals surface area contributed by atoms with Gasteiger partial charge in [-0.2, -0.15) is 0 Å². The summed E-state index contributed by atoms with van der Waals surface area (Å²) in [5, 5.41) is 8.81. The normalized spacial score (nSPS) is 19.5. The summed E-state index contributed by atoms with van der Waals surface area (Å²) in [6, 6.07) is 4.19. The number of nitrogens with two attached hydrogens (primary N) is 1. The van der Waals surface area contributed by atoms with Crippen molar-refractivity contribution < 1.29 is 0 Å². The molecule has 102 valence electrons. The van der Waals surface area contributed by atoms with Gasteiger partial charge in [0.05, 0.1) is 0 Å². The summed E-state index contributed by atoms with van der Waals surface area (Å²) in [4.78, 5) is 0. The second-order valence-corrected chi connectivity index (χ2v) is 5.85. The summed E-state index contributed by atoms with van der Waals surface area (Å²) in [5.74, 6) is 1.06. The standard InChI is InChI=1S/C15H22N4/c1-12-6-9-19-13(10-12)17-18-14(19)15(11-16)7-4-2-3-5-8-15/h6,9-10H,2-5,7-8,11,16H2,1H3. The lowest BCUT2D eigenvalue weighted by Gasteiger charge is -2.29. The van der Waals surface area contributed by atoms with Gasteiger partial charge in [0, 0.05) is 18.2 Å². The van der Waals surface area contributed by atoms with E-state index in [9.17, 15) is 0 Å². The lowest BCUT2D eigenvalue weighted by atomic mass is 9.79. The third kappa shape index (κ3) is 2.14. The van der Waals surface area contributed by atoms with Crippen LogP contribution in [0.25, 0.3) is 5.65 Å². The molecule has 0 atom stereocenters. The predicted molar refractivity (Wildman–Crippen MR) is 76.2 cm³/mol. The van der Waals surface area contributed by atoms with Gasteiger partial charge >= 0.3 is 0 Å². The summed E-state index contributed by atoms with van der Waals surface area (Å²) in [6.45, 7) is 2.75. The number of nitrogens with zero attached hydrogens (tertiary/aromatic N) is 3. The van der Waals surface area contributed by atoms with Crippen molar-refractivity contribution in [3.8, 4) is 0 Å². The van der Waals surface area contributed by atoms with Crippen LogP contribution < -0.4 is 5.73 Å². The van der Waals surface area contributed by atoms with Gasteiger partial charge in [0.2, 0.25) is 0 Å². The molecule has 0 unspecified atom stereocenters. The van der Waals surface area contributed by atoms with E-state index in [0.29, 0.717) is 6.54 Å². The van der Waals surface area contributed by atoms with Gasteiger partial charge in [-0.15, -0.1) is 10.2 Å². The molecule has 3 rings (SSSR count). The smallest absolute Gasteiger partial charge is 0.161 e. The molecule has 4 heteroatoms. The summed E-state index contributed by atoms with van der Waals surface area (Å²) in [5.41, 5.74) is 8.31. The van der Waals surface area contributed by atoms with Crippen LogP contribution >= 0.6 is 0 Å². The largest absolute Gasteiger partial charge is 0.329 e. The second kappa shape index (κ2) is 4.93. The molecule has 2 N–H and O–H groups in total. The molecule has 4 nitrogen and oxygen atoms in total. The maximum Gasteiger partial charge on any atom is 0.161 e. The van der Waals surface area contributed by atoms with Crippen molar-refractivity contribution in [2.24, 2.45) is 5.73 Å². The first kappa shape index (κ1) is 12.6. The highest BCUT2D eigenvalue weighted by molar-refractivity contribution is 5.42. The minimum atomic E-state index is 0.0190. The minimum absolute atomic E-state index is 0.0190. The average molecular weight is 258 g/mol. The van der Waals surface area contributed by atoms with Crippen molar-refractivity contribution in [3.05, 3.63) is 29.7 Å². The van der Waals surface area contributed by atoms with Crippen LogP contribution in [0.2, 0.25) is 0 Å². The Bertz CT molecular complexity index is 565. The van der Waals surface area contributed by atoms with Gasteiger partial charge in [0.25, 0.3) is 0 Å². The lowest BCUT2D eigenvalue weighted by molar-refractivity contribution is 0.356. The third-order valence-corrected chi connectivity index (χ3v) is 4.49. The first-order valence-electron chi connectivity index (χ1n) is 7.27. The van der Waals surface area contributed by atoms with Crippen LogP contribution in [0, 0.1) is 6.92 Å². The molecule has 0 amide bonds. The van der Waals surface area contributed by atoms with E-state index in [1.165, 1.54) is 31.2 Å². The Labute approximate surface area is 114 Å². The van der Waals surface area contributed by atoms with Crippen molar-refractivity contribution in [1.29, 1.82) is 0 Å². The molecule has 0 aromatic carbocycles. The Morgan fingerprint density at radius 1 is 1.21 bits per heavy atom. The molecule has 2 aromatic rings. The number of pyridine rings is 1. The zero-order chi connectivity index (χ0) is 13.3. The lowest BCUT2D eigenvalue weighted by Crippen LogP contribution is -2.36. The van der Waals surface area contributed by atoms with E-state index in [1.807, 2.05) is 0 Å². The summed E-state index contributed by atoms with van der Waals surface area (Å²) < 4.78 is 2.13. The monoisotopic (exact) mass is 258 g/mol. The van der Waals surface area contributed by atoms with Crippen molar-refractivity contribution >= 4 is 5.65 Å². The highest BCUT2D eigenvalue weighted by atomic mass is 15.3. The minimum Gasteiger partial charge on any atom is -0.329 e. The Hall–Kier alpha value is -1.42. The molecule has 19 heavy (non-hydrogen) atoms. The molecule has 1 saturated carbocycles. The van der Waals surface area contributed by atoms with Crippen LogP contribution in [-0.4, -0.2) is 21.1 Å². The van der Waals surface area contributed by atoms with Crippen LogP contribution in [0.5, 0.6) is 0 Å².